The van der Waals surface area contributed by atoms with Crippen LogP contribution in [0.3, 0.4) is 0 Å². The van der Waals surface area contributed by atoms with Crippen LogP contribution in [-0.2, 0) is 9.47 Å². The Morgan fingerprint density at radius 1 is 1.47 bits per heavy atom. The summed E-state index contributed by atoms with van der Waals surface area (Å²) in [5, 5.41) is 3.39. The van der Waals surface area contributed by atoms with E-state index >= 15 is 0 Å². The van der Waals surface area contributed by atoms with Crippen LogP contribution in [-0.4, -0.2) is 39.0 Å². The van der Waals surface area contributed by atoms with E-state index in [1.54, 1.807) is 7.11 Å². The molecule has 1 rings (SSSR count). The van der Waals surface area contributed by atoms with Crippen LogP contribution in [0.25, 0.3) is 0 Å². The molecule has 0 radical (unpaired) electrons. The van der Waals surface area contributed by atoms with Crippen LogP contribution in [0.2, 0.25) is 0 Å². The molecule has 1 aliphatic rings. The van der Waals surface area contributed by atoms with E-state index in [4.69, 9.17) is 9.47 Å². The van der Waals surface area contributed by atoms with E-state index in [0.717, 1.165) is 26.1 Å². The van der Waals surface area contributed by atoms with Gasteiger partial charge in [0.1, 0.15) is 0 Å². The van der Waals surface area contributed by atoms with Crippen molar-refractivity contribution < 1.29 is 9.47 Å². The first-order valence-electron chi connectivity index (χ1n) is 5.89. The maximum Gasteiger partial charge on any atom is 0.0622 e. The summed E-state index contributed by atoms with van der Waals surface area (Å²) in [6.07, 6.45) is 3.40. The third-order valence-electron chi connectivity index (χ3n) is 3.51. The van der Waals surface area contributed by atoms with E-state index in [9.17, 15) is 0 Å². The largest absolute Gasteiger partial charge is 0.381 e. The smallest absolute Gasteiger partial charge is 0.0622 e. The predicted molar refractivity (Wildman–Crippen MR) is 62.1 cm³/mol. The molecule has 2 atom stereocenters. The van der Waals surface area contributed by atoms with Gasteiger partial charge in [-0.3, -0.25) is 0 Å². The van der Waals surface area contributed by atoms with Crippen LogP contribution < -0.4 is 5.32 Å². The van der Waals surface area contributed by atoms with Gasteiger partial charge in [-0.1, -0.05) is 0 Å². The van der Waals surface area contributed by atoms with Crippen LogP contribution in [0.5, 0.6) is 0 Å². The molecule has 0 aromatic heterocycles. The van der Waals surface area contributed by atoms with E-state index in [-0.39, 0.29) is 5.60 Å². The van der Waals surface area contributed by atoms with Gasteiger partial charge in [-0.25, -0.2) is 0 Å². The maximum atomic E-state index is 5.53. The van der Waals surface area contributed by atoms with Crippen LogP contribution in [0, 0.1) is 5.92 Å². The summed E-state index contributed by atoms with van der Waals surface area (Å²) >= 11 is 0. The van der Waals surface area contributed by atoms with Gasteiger partial charge in [0.2, 0.25) is 0 Å². The molecule has 0 aromatic carbocycles. The molecular weight excluding hydrogens is 190 g/mol. The number of hydrogen-bond acceptors (Lipinski definition) is 3. The zero-order valence-corrected chi connectivity index (χ0v) is 10.5. The summed E-state index contributed by atoms with van der Waals surface area (Å²) in [5.74, 6) is 0.637. The number of nitrogens with one attached hydrogen (secondary N) is 1. The average molecular weight is 215 g/mol. The fraction of sp³-hybridized carbons (Fsp3) is 1.00. The molecule has 1 N–H and O–H groups in total. The first kappa shape index (κ1) is 12.9. The molecule has 0 saturated carbocycles. The minimum atomic E-state index is -0.00423. The first-order valence-corrected chi connectivity index (χ1v) is 5.89. The molecule has 2 unspecified atom stereocenters. The second-order valence-corrected chi connectivity index (χ2v) is 5.02. The lowest BCUT2D eigenvalue weighted by Crippen LogP contribution is -2.41. The van der Waals surface area contributed by atoms with Crippen molar-refractivity contribution >= 4 is 0 Å². The highest BCUT2D eigenvalue weighted by molar-refractivity contribution is 4.81. The highest BCUT2D eigenvalue weighted by atomic mass is 16.5. The van der Waals surface area contributed by atoms with Crippen LogP contribution in [0.15, 0.2) is 0 Å². The molecule has 1 heterocycles. The third-order valence-corrected chi connectivity index (χ3v) is 3.51. The molecule has 15 heavy (non-hydrogen) atoms. The quantitative estimate of drug-likeness (QED) is 0.759. The minimum absolute atomic E-state index is 0.00423. The molecular formula is C12H25NO2. The van der Waals surface area contributed by atoms with Gasteiger partial charge in [0.15, 0.2) is 0 Å². The van der Waals surface area contributed by atoms with E-state index in [1.807, 2.05) is 7.05 Å². The molecule has 0 amide bonds. The Morgan fingerprint density at radius 3 is 2.80 bits per heavy atom. The second-order valence-electron chi connectivity index (χ2n) is 5.02. The SMILES string of the molecule is CNC1CCOCC1CCC(C)(C)OC. The molecule has 0 spiro atoms. The molecule has 0 aromatic rings. The van der Waals surface area contributed by atoms with Crippen LogP contribution in [0.1, 0.15) is 33.1 Å². The van der Waals surface area contributed by atoms with E-state index in [1.165, 1.54) is 6.42 Å². The van der Waals surface area contributed by atoms with Crippen molar-refractivity contribution in [3.8, 4) is 0 Å². The maximum absolute atomic E-state index is 5.53. The van der Waals surface area contributed by atoms with E-state index < -0.39 is 0 Å². The average Bonchev–Trinajstić information content (AvgIpc) is 2.27. The Morgan fingerprint density at radius 2 is 2.20 bits per heavy atom. The Labute approximate surface area is 93.5 Å². The van der Waals surface area contributed by atoms with Gasteiger partial charge in [0, 0.05) is 19.8 Å². The van der Waals surface area contributed by atoms with Crippen LogP contribution >= 0.6 is 0 Å². The zero-order valence-electron chi connectivity index (χ0n) is 10.5. The number of ether oxygens (including phenoxy) is 2. The molecule has 1 fully saturated rings. The molecule has 1 aliphatic heterocycles. The molecule has 3 heteroatoms. The Balaban J connectivity index is 2.35. The van der Waals surface area contributed by atoms with Crippen molar-refractivity contribution in [2.75, 3.05) is 27.4 Å². The summed E-state index contributed by atoms with van der Waals surface area (Å²) in [6, 6.07) is 0.617. The number of rotatable bonds is 5. The molecule has 3 nitrogen and oxygen atoms in total. The lowest BCUT2D eigenvalue weighted by Gasteiger charge is -2.33. The summed E-state index contributed by atoms with van der Waals surface area (Å²) in [7, 11) is 3.83. The zero-order chi connectivity index (χ0) is 11.3. The van der Waals surface area contributed by atoms with Gasteiger partial charge >= 0.3 is 0 Å². The summed E-state index contributed by atoms with van der Waals surface area (Å²) < 4.78 is 11.0. The fourth-order valence-corrected chi connectivity index (χ4v) is 2.10. The van der Waals surface area contributed by atoms with Crippen LogP contribution in [0.4, 0.5) is 0 Å². The summed E-state index contributed by atoms with van der Waals surface area (Å²) in [4.78, 5) is 0. The van der Waals surface area contributed by atoms with Gasteiger partial charge in [-0.05, 0) is 46.1 Å². The highest BCUT2D eigenvalue weighted by Gasteiger charge is 2.26. The summed E-state index contributed by atoms with van der Waals surface area (Å²) in [5.41, 5.74) is -0.00423. The first-order chi connectivity index (χ1) is 7.09. The van der Waals surface area contributed by atoms with Crippen molar-refractivity contribution in [3.63, 3.8) is 0 Å². The van der Waals surface area contributed by atoms with Gasteiger partial charge in [0.05, 0.1) is 12.2 Å². The number of methoxy groups -OCH3 is 1. The molecule has 90 valence electrons. The monoisotopic (exact) mass is 215 g/mol. The van der Waals surface area contributed by atoms with Gasteiger partial charge in [-0.2, -0.15) is 0 Å². The number of hydrogen-bond donors (Lipinski definition) is 1. The normalized spacial score (nSPS) is 28.0. The van der Waals surface area contributed by atoms with Gasteiger partial charge in [-0.15, -0.1) is 0 Å². The minimum Gasteiger partial charge on any atom is -0.381 e. The van der Waals surface area contributed by atoms with Crippen molar-refractivity contribution in [1.82, 2.24) is 5.32 Å². The summed E-state index contributed by atoms with van der Waals surface area (Å²) in [6.45, 7) is 6.08. The predicted octanol–water partition coefficient (Wildman–Crippen LogP) is 1.82. The van der Waals surface area contributed by atoms with Gasteiger partial charge in [0.25, 0.3) is 0 Å². The standard InChI is InChI=1S/C12H25NO2/c1-12(2,14-4)7-5-10-9-15-8-6-11(10)13-3/h10-11,13H,5-9H2,1-4H3. The van der Waals surface area contributed by atoms with E-state index in [2.05, 4.69) is 19.2 Å². The Bertz CT molecular complexity index is 182. The van der Waals surface area contributed by atoms with Gasteiger partial charge < -0.3 is 14.8 Å². The van der Waals surface area contributed by atoms with Crippen molar-refractivity contribution in [1.29, 1.82) is 0 Å². The van der Waals surface area contributed by atoms with Crippen molar-refractivity contribution in [3.05, 3.63) is 0 Å². The third kappa shape index (κ3) is 4.09. The highest BCUT2D eigenvalue weighted by Crippen LogP contribution is 2.24. The molecule has 1 saturated heterocycles. The fourth-order valence-electron chi connectivity index (χ4n) is 2.10. The Hall–Kier alpha value is -0.120. The topological polar surface area (TPSA) is 30.5 Å². The lowest BCUT2D eigenvalue weighted by atomic mass is 9.88. The second kappa shape index (κ2) is 5.83. The Kier molecular flexibility index (Phi) is 5.03. The lowest BCUT2D eigenvalue weighted by molar-refractivity contribution is -0.00965. The van der Waals surface area contributed by atoms with Crippen molar-refractivity contribution in [2.45, 2.75) is 44.8 Å². The molecule has 0 aliphatic carbocycles. The van der Waals surface area contributed by atoms with Crippen molar-refractivity contribution in [2.24, 2.45) is 5.92 Å². The molecule has 0 bridgehead atoms. The van der Waals surface area contributed by atoms with E-state index in [0.29, 0.717) is 12.0 Å².